The number of benzene rings is 1. The molecule has 0 amide bonds. The molecule has 1 aliphatic heterocycles. The van der Waals surface area contributed by atoms with Crippen molar-refractivity contribution in [1.29, 1.82) is 0 Å². The molecule has 0 aliphatic carbocycles. The van der Waals surface area contributed by atoms with E-state index >= 15 is 0 Å². The number of rotatable bonds is 4. The molecule has 1 aliphatic rings. The van der Waals surface area contributed by atoms with E-state index < -0.39 is 15.3 Å². The highest BCUT2D eigenvalue weighted by atomic mass is 32.2. The molecule has 2 rings (SSSR count). The van der Waals surface area contributed by atoms with Crippen molar-refractivity contribution >= 4 is 15.7 Å². The number of anilines is 1. The molecule has 0 unspecified atom stereocenters. The Kier molecular flexibility index (Phi) is 3.86. The van der Waals surface area contributed by atoms with Gasteiger partial charge in [0.25, 0.3) is 0 Å². The third kappa shape index (κ3) is 2.35. The molecule has 0 saturated carbocycles. The van der Waals surface area contributed by atoms with Gasteiger partial charge < -0.3 is 15.2 Å². The quantitative estimate of drug-likeness (QED) is 0.875. The zero-order chi connectivity index (χ0) is 14.0. The second-order valence-electron chi connectivity index (χ2n) is 4.30. The highest BCUT2D eigenvalue weighted by molar-refractivity contribution is 7.93. The van der Waals surface area contributed by atoms with Gasteiger partial charge in [0.1, 0.15) is 11.5 Å². The molecule has 1 aromatic carbocycles. The topological polar surface area (TPSA) is 81.9 Å². The van der Waals surface area contributed by atoms with Crippen molar-refractivity contribution < 1.29 is 17.9 Å². The van der Waals surface area contributed by atoms with Gasteiger partial charge in [-0.15, -0.1) is 0 Å². The van der Waals surface area contributed by atoms with E-state index in [1.165, 1.54) is 11.4 Å². The third-order valence-electron chi connectivity index (χ3n) is 3.30. The molecule has 2 N–H and O–H groups in total. The average molecular weight is 286 g/mol. The highest BCUT2D eigenvalue weighted by Crippen LogP contribution is 2.37. The molecule has 1 heterocycles. The molecule has 0 radical (unpaired) electrons. The van der Waals surface area contributed by atoms with Crippen LogP contribution in [0.3, 0.4) is 0 Å². The first-order valence-electron chi connectivity index (χ1n) is 5.98. The van der Waals surface area contributed by atoms with Crippen molar-refractivity contribution in [2.45, 2.75) is 11.7 Å². The lowest BCUT2D eigenvalue weighted by molar-refractivity contribution is 0.395. The van der Waals surface area contributed by atoms with Gasteiger partial charge in [0.15, 0.2) is 0 Å². The average Bonchev–Trinajstić information content (AvgIpc) is 2.72. The van der Waals surface area contributed by atoms with Gasteiger partial charge in [-0.3, -0.25) is 4.31 Å². The van der Waals surface area contributed by atoms with E-state index in [1.807, 2.05) is 0 Å². The van der Waals surface area contributed by atoms with Crippen molar-refractivity contribution in [3.63, 3.8) is 0 Å². The van der Waals surface area contributed by atoms with Gasteiger partial charge in [-0.25, -0.2) is 8.42 Å². The fourth-order valence-electron chi connectivity index (χ4n) is 2.21. The maximum atomic E-state index is 12.3. The molecule has 1 fully saturated rings. The molecular formula is C12H18N2O4S. The Bertz CT molecular complexity index is 559. The third-order valence-corrected chi connectivity index (χ3v) is 5.57. The van der Waals surface area contributed by atoms with Crippen LogP contribution in [0.1, 0.15) is 6.42 Å². The maximum absolute atomic E-state index is 12.3. The zero-order valence-electron chi connectivity index (χ0n) is 11.0. The predicted octanol–water partition coefficient (Wildman–Crippen LogP) is 0.571. The fourth-order valence-corrected chi connectivity index (χ4v) is 4.00. The maximum Gasteiger partial charge on any atom is 0.239 e. The molecule has 1 aromatic rings. The Hall–Kier alpha value is -1.47. The molecule has 1 saturated heterocycles. The van der Waals surface area contributed by atoms with Crippen molar-refractivity contribution in [3.05, 3.63) is 18.2 Å². The van der Waals surface area contributed by atoms with E-state index in [4.69, 9.17) is 15.2 Å². The van der Waals surface area contributed by atoms with Gasteiger partial charge in [0.05, 0.1) is 25.2 Å². The van der Waals surface area contributed by atoms with Crippen molar-refractivity contribution in [3.8, 4) is 11.5 Å². The number of nitrogens with two attached hydrogens (primary N) is 1. The van der Waals surface area contributed by atoms with Crippen LogP contribution in [0, 0.1) is 0 Å². The molecular weight excluding hydrogens is 268 g/mol. The number of ether oxygens (including phenoxy) is 2. The second-order valence-corrected chi connectivity index (χ2v) is 6.44. The number of nitrogens with zero attached hydrogens (tertiary/aromatic N) is 1. The van der Waals surface area contributed by atoms with Crippen molar-refractivity contribution in [2.75, 3.05) is 31.6 Å². The zero-order valence-corrected chi connectivity index (χ0v) is 11.8. The molecule has 0 spiro atoms. The summed E-state index contributed by atoms with van der Waals surface area (Å²) in [5.74, 6) is 1.09. The van der Waals surface area contributed by atoms with Crippen molar-refractivity contribution in [1.82, 2.24) is 0 Å². The molecule has 7 heteroatoms. The van der Waals surface area contributed by atoms with Crippen LogP contribution in [0.4, 0.5) is 5.69 Å². The summed E-state index contributed by atoms with van der Waals surface area (Å²) in [6.07, 6.45) is 0.536. The van der Waals surface area contributed by atoms with E-state index in [2.05, 4.69) is 0 Å². The summed E-state index contributed by atoms with van der Waals surface area (Å²) >= 11 is 0. The largest absolute Gasteiger partial charge is 0.497 e. The number of hydrogen-bond donors (Lipinski definition) is 1. The first kappa shape index (κ1) is 14.0. The number of hydrogen-bond acceptors (Lipinski definition) is 5. The van der Waals surface area contributed by atoms with Gasteiger partial charge in [-0.05, 0) is 18.6 Å². The van der Waals surface area contributed by atoms with Crippen LogP contribution in [-0.2, 0) is 10.0 Å². The van der Waals surface area contributed by atoms with Gasteiger partial charge in [-0.2, -0.15) is 0 Å². The lowest BCUT2D eigenvalue weighted by Gasteiger charge is -2.21. The van der Waals surface area contributed by atoms with Gasteiger partial charge in [0.2, 0.25) is 10.0 Å². The standard InChI is InChI=1S/C12H18N2O4S/c1-17-9-3-4-11(12(7-9)18-2)14-6-5-10(8-13)19(14,15)16/h3-4,7,10H,5-6,8,13H2,1-2H3/t10-/m0/s1. The van der Waals surface area contributed by atoms with E-state index in [0.717, 1.165) is 0 Å². The first-order chi connectivity index (χ1) is 9.04. The molecule has 6 nitrogen and oxygen atoms in total. The fraction of sp³-hybridized carbons (Fsp3) is 0.500. The lowest BCUT2D eigenvalue weighted by atomic mass is 10.2. The normalized spacial score (nSPS) is 21.4. The molecule has 106 valence electrons. The van der Waals surface area contributed by atoms with Gasteiger partial charge in [-0.1, -0.05) is 0 Å². The monoisotopic (exact) mass is 286 g/mol. The van der Waals surface area contributed by atoms with E-state index in [0.29, 0.717) is 30.2 Å². The van der Waals surface area contributed by atoms with Crippen LogP contribution >= 0.6 is 0 Å². The Morgan fingerprint density at radius 2 is 2.11 bits per heavy atom. The Balaban J connectivity index is 2.43. The van der Waals surface area contributed by atoms with Crippen LogP contribution < -0.4 is 19.5 Å². The first-order valence-corrected chi connectivity index (χ1v) is 7.48. The summed E-state index contributed by atoms with van der Waals surface area (Å²) in [5.41, 5.74) is 6.04. The van der Waals surface area contributed by atoms with E-state index in [-0.39, 0.29) is 6.54 Å². The molecule has 19 heavy (non-hydrogen) atoms. The summed E-state index contributed by atoms with van der Waals surface area (Å²) in [4.78, 5) is 0. The highest BCUT2D eigenvalue weighted by Gasteiger charge is 2.39. The van der Waals surface area contributed by atoms with Gasteiger partial charge in [0, 0.05) is 19.2 Å². The predicted molar refractivity (Wildman–Crippen MR) is 73.3 cm³/mol. The SMILES string of the molecule is COc1ccc(N2CC[C@@H](CN)S2(=O)=O)c(OC)c1. The Labute approximate surface area is 113 Å². The number of methoxy groups -OCH3 is 2. The minimum Gasteiger partial charge on any atom is -0.497 e. The smallest absolute Gasteiger partial charge is 0.239 e. The van der Waals surface area contributed by atoms with Crippen molar-refractivity contribution in [2.24, 2.45) is 5.73 Å². The molecule has 0 aromatic heterocycles. The van der Waals surface area contributed by atoms with Crippen LogP contribution in [-0.4, -0.2) is 41.0 Å². The lowest BCUT2D eigenvalue weighted by Crippen LogP contribution is -2.33. The van der Waals surface area contributed by atoms with Gasteiger partial charge >= 0.3 is 0 Å². The second kappa shape index (κ2) is 5.26. The summed E-state index contributed by atoms with van der Waals surface area (Å²) in [6.45, 7) is 0.560. The van der Waals surface area contributed by atoms with Crippen LogP contribution in [0.15, 0.2) is 18.2 Å². The van der Waals surface area contributed by atoms with E-state index in [1.54, 1.807) is 25.3 Å². The minimum absolute atomic E-state index is 0.136. The summed E-state index contributed by atoms with van der Waals surface area (Å²) in [6, 6.07) is 5.07. The van der Waals surface area contributed by atoms with E-state index in [9.17, 15) is 8.42 Å². The minimum atomic E-state index is -3.40. The Morgan fingerprint density at radius 1 is 1.37 bits per heavy atom. The summed E-state index contributed by atoms with van der Waals surface area (Å²) in [5, 5.41) is -0.515. The number of sulfonamides is 1. The molecule has 1 atom stereocenters. The molecule has 0 bridgehead atoms. The summed E-state index contributed by atoms with van der Waals surface area (Å²) < 4.78 is 36.3. The Morgan fingerprint density at radius 3 is 2.63 bits per heavy atom. The summed E-state index contributed by atoms with van der Waals surface area (Å²) in [7, 11) is -0.347. The van der Waals surface area contributed by atoms with Crippen LogP contribution in [0.2, 0.25) is 0 Å². The van der Waals surface area contributed by atoms with Crippen LogP contribution in [0.5, 0.6) is 11.5 Å². The van der Waals surface area contributed by atoms with Crippen LogP contribution in [0.25, 0.3) is 0 Å².